The Morgan fingerprint density at radius 3 is 2.59 bits per heavy atom. The molecule has 0 fully saturated rings. The van der Waals surface area contributed by atoms with E-state index in [1.165, 1.54) is 23.1 Å². The highest BCUT2D eigenvalue weighted by Crippen LogP contribution is 2.26. The topological polar surface area (TPSA) is 9.23 Å². The highest BCUT2D eigenvalue weighted by atomic mass is 16.5. The van der Waals surface area contributed by atoms with Gasteiger partial charge in [-0.15, -0.1) is 0 Å². The van der Waals surface area contributed by atoms with Crippen molar-refractivity contribution in [3.05, 3.63) is 54.1 Å². The van der Waals surface area contributed by atoms with Gasteiger partial charge < -0.3 is 4.74 Å². The lowest BCUT2D eigenvalue weighted by Crippen LogP contribution is -1.97. The van der Waals surface area contributed by atoms with Crippen molar-refractivity contribution in [3.63, 3.8) is 0 Å². The Balaban J connectivity index is 2.08. The molecule has 0 saturated carbocycles. The molecule has 4 bridgehead atoms. The van der Waals surface area contributed by atoms with Gasteiger partial charge in [0.15, 0.2) is 0 Å². The van der Waals surface area contributed by atoms with Gasteiger partial charge in [-0.05, 0) is 48.1 Å². The molecule has 1 aliphatic heterocycles. The number of ether oxygens (including phenoxy) is 1. The van der Waals surface area contributed by atoms with E-state index in [0.717, 1.165) is 25.2 Å². The third-order valence-electron chi connectivity index (χ3n) is 3.22. The van der Waals surface area contributed by atoms with Crippen molar-refractivity contribution < 1.29 is 4.74 Å². The van der Waals surface area contributed by atoms with E-state index in [1.54, 1.807) is 0 Å². The van der Waals surface area contributed by atoms with Crippen LogP contribution in [0.3, 0.4) is 0 Å². The summed E-state index contributed by atoms with van der Waals surface area (Å²) in [5.74, 6) is 0.981. The molecule has 0 N–H and O–H groups in total. The summed E-state index contributed by atoms with van der Waals surface area (Å²) >= 11 is 0. The van der Waals surface area contributed by atoms with Gasteiger partial charge in [0, 0.05) is 0 Å². The number of rotatable bonds is 0. The van der Waals surface area contributed by atoms with E-state index in [-0.39, 0.29) is 0 Å². The SMILES string of the molecule is c1cc2cc(c1)-c1cccc(c1)OCCCC2. The van der Waals surface area contributed by atoms with E-state index in [2.05, 4.69) is 42.5 Å². The molecule has 1 heterocycles. The zero-order valence-corrected chi connectivity index (χ0v) is 9.86. The van der Waals surface area contributed by atoms with Crippen LogP contribution in [0.5, 0.6) is 5.75 Å². The highest BCUT2D eigenvalue weighted by Gasteiger charge is 2.04. The molecule has 1 nitrogen and oxygen atoms in total. The van der Waals surface area contributed by atoms with E-state index < -0.39 is 0 Å². The van der Waals surface area contributed by atoms with Crippen LogP contribution in [0.1, 0.15) is 18.4 Å². The zero-order valence-electron chi connectivity index (χ0n) is 9.86. The van der Waals surface area contributed by atoms with E-state index in [1.807, 2.05) is 6.07 Å². The lowest BCUT2D eigenvalue weighted by molar-refractivity contribution is 0.307. The van der Waals surface area contributed by atoms with Gasteiger partial charge >= 0.3 is 0 Å². The minimum absolute atomic E-state index is 0.819. The summed E-state index contributed by atoms with van der Waals surface area (Å²) in [7, 11) is 0. The monoisotopic (exact) mass is 224 g/mol. The molecule has 2 aromatic rings. The first-order chi connectivity index (χ1) is 8.42. The number of hydrogen-bond acceptors (Lipinski definition) is 1. The Bertz CT molecular complexity index is 469. The molecule has 0 aliphatic carbocycles. The summed E-state index contributed by atoms with van der Waals surface area (Å²) in [6, 6.07) is 17.2. The summed E-state index contributed by atoms with van der Waals surface area (Å²) in [6.45, 7) is 0.819. The predicted molar refractivity (Wildman–Crippen MR) is 70.3 cm³/mol. The minimum Gasteiger partial charge on any atom is -0.494 e. The number of fused-ring (bicyclic) bond motifs is 5. The molecule has 0 aromatic heterocycles. The highest BCUT2D eigenvalue weighted by molar-refractivity contribution is 5.65. The lowest BCUT2D eigenvalue weighted by atomic mass is 10.0. The van der Waals surface area contributed by atoms with Gasteiger partial charge in [0.25, 0.3) is 0 Å². The van der Waals surface area contributed by atoms with Crippen molar-refractivity contribution in [2.24, 2.45) is 0 Å². The second-order valence-electron chi connectivity index (χ2n) is 4.53. The van der Waals surface area contributed by atoms with Crippen molar-refractivity contribution in [2.75, 3.05) is 6.61 Å². The second kappa shape index (κ2) is 4.62. The van der Waals surface area contributed by atoms with Crippen molar-refractivity contribution in [1.82, 2.24) is 0 Å². The van der Waals surface area contributed by atoms with Crippen LogP contribution in [0, 0.1) is 0 Å². The average molecular weight is 224 g/mol. The first kappa shape index (κ1) is 10.4. The summed E-state index contributed by atoms with van der Waals surface area (Å²) < 4.78 is 5.76. The third kappa shape index (κ3) is 2.33. The second-order valence-corrected chi connectivity index (χ2v) is 4.53. The molecule has 86 valence electrons. The summed E-state index contributed by atoms with van der Waals surface area (Å²) in [5.41, 5.74) is 3.95. The zero-order chi connectivity index (χ0) is 11.5. The van der Waals surface area contributed by atoms with Crippen molar-refractivity contribution >= 4 is 0 Å². The van der Waals surface area contributed by atoms with Crippen LogP contribution in [-0.2, 0) is 6.42 Å². The van der Waals surface area contributed by atoms with E-state index in [4.69, 9.17) is 4.74 Å². The molecule has 0 amide bonds. The Kier molecular flexibility index (Phi) is 2.83. The minimum atomic E-state index is 0.819. The van der Waals surface area contributed by atoms with Gasteiger partial charge in [-0.3, -0.25) is 0 Å². The standard InChI is InChI=1S/C16H16O/c1-2-10-17-16-9-4-8-15(12-16)14-7-3-6-13(5-1)11-14/h3-4,6-9,11-12H,1-2,5,10H2. The van der Waals surface area contributed by atoms with Crippen LogP contribution in [0.2, 0.25) is 0 Å². The van der Waals surface area contributed by atoms with Gasteiger partial charge in [-0.2, -0.15) is 0 Å². The van der Waals surface area contributed by atoms with Crippen molar-refractivity contribution in [3.8, 4) is 16.9 Å². The fourth-order valence-corrected chi connectivity index (χ4v) is 2.29. The molecule has 0 spiro atoms. The Labute approximate surface area is 102 Å². The van der Waals surface area contributed by atoms with Crippen LogP contribution in [0.25, 0.3) is 11.1 Å². The van der Waals surface area contributed by atoms with Gasteiger partial charge in [-0.25, -0.2) is 0 Å². The van der Waals surface area contributed by atoms with Crippen LogP contribution < -0.4 is 4.74 Å². The predicted octanol–water partition coefficient (Wildman–Crippen LogP) is 4.07. The molecule has 2 aromatic carbocycles. The summed E-state index contributed by atoms with van der Waals surface area (Å²) in [6.07, 6.45) is 3.46. The maximum Gasteiger partial charge on any atom is 0.119 e. The summed E-state index contributed by atoms with van der Waals surface area (Å²) in [5, 5.41) is 0. The van der Waals surface area contributed by atoms with Crippen LogP contribution in [-0.4, -0.2) is 6.61 Å². The normalized spacial score (nSPS) is 14.6. The molecule has 1 heteroatoms. The first-order valence-corrected chi connectivity index (χ1v) is 6.24. The van der Waals surface area contributed by atoms with E-state index in [0.29, 0.717) is 0 Å². The molecule has 0 radical (unpaired) electrons. The van der Waals surface area contributed by atoms with E-state index >= 15 is 0 Å². The van der Waals surface area contributed by atoms with Gasteiger partial charge in [0.05, 0.1) is 6.61 Å². The number of benzene rings is 2. The Hall–Kier alpha value is -1.76. The molecule has 0 atom stereocenters. The molecule has 1 aliphatic rings. The lowest BCUT2D eigenvalue weighted by Gasteiger charge is -2.06. The van der Waals surface area contributed by atoms with Gasteiger partial charge in [0.1, 0.15) is 5.75 Å². The first-order valence-electron chi connectivity index (χ1n) is 6.24. The molecule has 0 saturated heterocycles. The summed E-state index contributed by atoms with van der Waals surface area (Å²) in [4.78, 5) is 0. The maximum atomic E-state index is 5.76. The van der Waals surface area contributed by atoms with Crippen molar-refractivity contribution in [2.45, 2.75) is 19.3 Å². The maximum absolute atomic E-state index is 5.76. The largest absolute Gasteiger partial charge is 0.494 e. The molecule has 17 heavy (non-hydrogen) atoms. The quantitative estimate of drug-likeness (QED) is 0.655. The number of hydrogen-bond donors (Lipinski definition) is 0. The molecule has 3 rings (SSSR count). The third-order valence-corrected chi connectivity index (χ3v) is 3.22. The smallest absolute Gasteiger partial charge is 0.119 e. The number of aryl methyl sites for hydroxylation is 1. The molecular formula is C16H16O. The van der Waals surface area contributed by atoms with E-state index in [9.17, 15) is 0 Å². The average Bonchev–Trinajstić information content (AvgIpc) is 2.40. The Morgan fingerprint density at radius 1 is 0.824 bits per heavy atom. The molecule has 0 unspecified atom stereocenters. The van der Waals surface area contributed by atoms with Crippen LogP contribution in [0.15, 0.2) is 48.5 Å². The Morgan fingerprint density at radius 2 is 1.65 bits per heavy atom. The fourth-order valence-electron chi connectivity index (χ4n) is 2.29. The van der Waals surface area contributed by atoms with Crippen LogP contribution in [0.4, 0.5) is 0 Å². The molecular weight excluding hydrogens is 208 g/mol. The fraction of sp³-hybridized carbons (Fsp3) is 0.250. The van der Waals surface area contributed by atoms with Gasteiger partial charge in [-0.1, -0.05) is 36.4 Å². The van der Waals surface area contributed by atoms with Gasteiger partial charge in [0.2, 0.25) is 0 Å². The van der Waals surface area contributed by atoms with Crippen LogP contribution >= 0.6 is 0 Å². The van der Waals surface area contributed by atoms with Crippen molar-refractivity contribution in [1.29, 1.82) is 0 Å².